The second-order valence-corrected chi connectivity index (χ2v) is 8.60. The number of benzene rings is 2. The molecule has 4 rings (SSSR count). The minimum absolute atomic E-state index is 0.000861. The van der Waals surface area contributed by atoms with Crippen molar-refractivity contribution in [2.75, 3.05) is 11.1 Å². The third-order valence-electron chi connectivity index (χ3n) is 5.23. The zero-order chi connectivity index (χ0) is 20.2. The molecule has 1 N–H and O–H groups in total. The summed E-state index contributed by atoms with van der Waals surface area (Å²) in [6.07, 6.45) is 4.60. The number of nitrogens with one attached hydrogen (secondary N) is 1. The number of nitrogens with zero attached hydrogens (tertiary/aromatic N) is 3. The highest BCUT2D eigenvalue weighted by atomic mass is 32.2. The average Bonchev–Trinajstić information content (AvgIpc) is 2.96. The lowest BCUT2D eigenvalue weighted by atomic mass is 10.2. The van der Waals surface area contributed by atoms with E-state index in [1.807, 2.05) is 24.3 Å². The van der Waals surface area contributed by atoms with Gasteiger partial charge in [-0.05, 0) is 62.6 Å². The lowest BCUT2D eigenvalue weighted by Crippen LogP contribution is -2.14. The monoisotopic (exact) mass is 406 g/mol. The topological polar surface area (TPSA) is 59.8 Å². The SMILES string of the molecule is Cc1ccc(SCC(=O)Nc2ccc(-c3nnc4n3CCCCC4)cc2)c(C)c1. The zero-order valence-electron chi connectivity index (χ0n) is 16.9. The van der Waals surface area contributed by atoms with E-state index in [9.17, 15) is 4.79 Å². The Bertz CT molecular complexity index is 1010. The maximum atomic E-state index is 12.3. The van der Waals surface area contributed by atoms with Gasteiger partial charge in [-0.25, -0.2) is 0 Å². The van der Waals surface area contributed by atoms with Gasteiger partial charge in [-0.2, -0.15) is 0 Å². The fourth-order valence-corrected chi connectivity index (χ4v) is 4.51. The maximum absolute atomic E-state index is 12.3. The van der Waals surface area contributed by atoms with Crippen LogP contribution in [0.1, 0.15) is 36.2 Å². The standard InChI is InChI=1S/C23H26N4OS/c1-16-7-12-20(17(2)14-16)29-15-22(28)24-19-10-8-18(9-11-19)23-26-25-21-6-4-3-5-13-27(21)23/h7-12,14H,3-6,13,15H2,1-2H3,(H,24,28). The van der Waals surface area contributed by atoms with Gasteiger partial charge in [0.25, 0.3) is 0 Å². The molecule has 6 heteroatoms. The highest BCUT2D eigenvalue weighted by molar-refractivity contribution is 8.00. The first-order chi connectivity index (χ1) is 14.1. The fraction of sp³-hybridized carbons (Fsp3) is 0.348. The molecule has 0 spiro atoms. The molecule has 0 saturated heterocycles. The van der Waals surface area contributed by atoms with Crippen molar-refractivity contribution in [2.45, 2.75) is 51.0 Å². The van der Waals surface area contributed by atoms with Crippen molar-refractivity contribution >= 4 is 23.4 Å². The van der Waals surface area contributed by atoms with Crippen LogP contribution < -0.4 is 5.32 Å². The molecular weight excluding hydrogens is 380 g/mol. The van der Waals surface area contributed by atoms with Crippen molar-refractivity contribution in [3.8, 4) is 11.4 Å². The van der Waals surface area contributed by atoms with Crippen LogP contribution in [-0.4, -0.2) is 26.4 Å². The number of rotatable bonds is 5. The summed E-state index contributed by atoms with van der Waals surface area (Å²) < 4.78 is 2.24. The van der Waals surface area contributed by atoms with Crippen molar-refractivity contribution in [3.63, 3.8) is 0 Å². The highest BCUT2D eigenvalue weighted by Crippen LogP contribution is 2.25. The molecule has 0 fully saturated rings. The molecular formula is C23H26N4OS. The van der Waals surface area contributed by atoms with Crippen molar-refractivity contribution in [1.29, 1.82) is 0 Å². The van der Waals surface area contributed by atoms with Gasteiger partial charge in [0.05, 0.1) is 5.75 Å². The Balaban J connectivity index is 1.38. The summed E-state index contributed by atoms with van der Waals surface area (Å²) >= 11 is 1.57. The van der Waals surface area contributed by atoms with Gasteiger partial charge in [-0.15, -0.1) is 22.0 Å². The lowest BCUT2D eigenvalue weighted by molar-refractivity contribution is -0.113. The molecule has 2 heterocycles. The van der Waals surface area contributed by atoms with Crippen LogP contribution in [0.4, 0.5) is 5.69 Å². The third kappa shape index (κ3) is 4.70. The molecule has 5 nitrogen and oxygen atoms in total. The Morgan fingerprint density at radius 1 is 1.07 bits per heavy atom. The van der Waals surface area contributed by atoms with E-state index in [0.717, 1.165) is 40.8 Å². The van der Waals surface area contributed by atoms with E-state index in [-0.39, 0.29) is 5.91 Å². The van der Waals surface area contributed by atoms with E-state index in [1.54, 1.807) is 11.8 Å². The van der Waals surface area contributed by atoms with Crippen LogP contribution in [0.25, 0.3) is 11.4 Å². The number of aryl methyl sites for hydroxylation is 3. The Morgan fingerprint density at radius 2 is 1.90 bits per heavy atom. The Labute approximate surface area is 175 Å². The highest BCUT2D eigenvalue weighted by Gasteiger charge is 2.16. The molecule has 0 saturated carbocycles. The van der Waals surface area contributed by atoms with E-state index in [0.29, 0.717) is 5.75 Å². The summed E-state index contributed by atoms with van der Waals surface area (Å²) in [5, 5.41) is 11.8. The van der Waals surface area contributed by atoms with Gasteiger partial charge >= 0.3 is 0 Å². The van der Waals surface area contributed by atoms with Crippen LogP contribution in [0.15, 0.2) is 47.4 Å². The maximum Gasteiger partial charge on any atom is 0.234 e. The molecule has 29 heavy (non-hydrogen) atoms. The van der Waals surface area contributed by atoms with Crippen LogP contribution in [0, 0.1) is 13.8 Å². The van der Waals surface area contributed by atoms with Crippen molar-refractivity contribution in [1.82, 2.24) is 14.8 Å². The van der Waals surface area contributed by atoms with Gasteiger partial charge in [0, 0.05) is 29.1 Å². The van der Waals surface area contributed by atoms with E-state index in [1.165, 1.54) is 30.4 Å². The summed E-state index contributed by atoms with van der Waals surface area (Å²) in [6, 6.07) is 14.2. The predicted octanol–water partition coefficient (Wildman–Crippen LogP) is 5.02. The van der Waals surface area contributed by atoms with Gasteiger partial charge < -0.3 is 9.88 Å². The molecule has 0 unspecified atom stereocenters. The number of hydrogen-bond acceptors (Lipinski definition) is 4. The number of carbonyl (C=O) groups excluding carboxylic acids is 1. The van der Waals surface area contributed by atoms with Crippen LogP contribution >= 0.6 is 11.8 Å². The normalized spacial score (nSPS) is 13.6. The third-order valence-corrected chi connectivity index (χ3v) is 6.40. The Morgan fingerprint density at radius 3 is 2.69 bits per heavy atom. The molecule has 1 amide bonds. The molecule has 0 atom stereocenters. The second-order valence-electron chi connectivity index (χ2n) is 7.59. The molecule has 150 valence electrons. The number of amides is 1. The number of carbonyl (C=O) groups is 1. The van der Waals surface area contributed by atoms with Crippen molar-refractivity contribution in [3.05, 3.63) is 59.4 Å². The summed E-state index contributed by atoms with van der Waals surface area (Å²) in [4.78, 5) is 13.5. The van der Waals surface area contributed by atoms with Crippen LogP contribution in [0.5, 0.6) is 0 Å². The van der Waals surface area contributed by atoms with E-state index >= 15 is 0 Å². The minimum atomic E-state index is -0.000861. The summed E-state index contributed by atoms with van der Waals surface area (Å²) in [7, 11) is 0. The van der Waals surface area contributed by atoms with Gasteiger partial charge in [0.1, 0.15) is 5.82 Å². The Hall–Kier alpha value is -2.60. The summed E-state index contributed by atoms with van der Waals surface area (Å²) in [5.74, 6) is 2.39. The molecule has 3 aromatic rings. The average molecular weight is 407 g/mol. The Kier molecular flexibility index (Phi) is 6.00. The second kappa shape index (κ2) is 8.82. The number of hydrogen-bond donors (Lipinski definition) is 1. The molecule has 2 aromatic carbocycles. The van der Waals surface area contributed by atoms with Gasteiger partial charge in [0.15, 0.2) is 5.82 Å². The van der Waals surface area contributed by atoms with Gasteiger partial charge in [-0.1, -0.05) is 24.1 Å². The first-order valence-electron chi connectivity index (χ1n) is 10.1. The number of fused-ring (bicyclic) bond motifs is 1. The van der Waals surface area contributed by atoms with Gasteiger partial charge in [-0.3, -0.25) is 4.79 Å². The number of thioether (sulfide) groups is 1. The van der Waals surface area contributed by atoms with Crippen LogP contribution in [0.3, 0.4) is 0 Å². The first-order valence-corrected chi connectivity index (χ1v) is 11.1. The van der Waals surface area contributed by atoms with Crippen molar-refractivity contribution in [2.24, 2.45) is 0 Å². The molecule has 0 bridgehead atoms. The summed E-state index contributed by atoms with van der Waals surface area (Å²) in [6.45, 7) is 5.14. The van der Waals surface area contributed by atoms with Crippen molar-refractivity contribution < 1.29 is 4.79 Å². The molecule has 0 radical (unpaired) electrons. The van der Waals surface area contributed by atoms with Crippen LogP contribution in [-0.2, 0) is 17.8 Å². The summed E-state index contributed by atoms with van der Waals surface area (Å²) in [5.41, 5.74) is 4.28. The van der Waals surface area contributed by atoms with E-state index < -0.39 is 0 Å². The van der Waals surface area contributed by atoms with E-state index in [4.69, 9.17) is 0 Å². The minimum Gasteiger partial charge on any atom is -0.325 e. The number of anilines is 1. The fourth-order valence-electron chi connectivity index (χ4n) is 3.70. The lowest BCUT2D eigenvalue weighted by Gasteiger charge is -2.09. The first kappa shape index (κ1) is 19.7. The predicted molar refractivity (Wildman–Crippen MR) is 118 cm³/mol. The molecule has 0 aliphatic carbocycles. The zero-order valence-corrected chi connectivity index (χ0v) is 17.8. The van der Waals surface area contributed by atoms with Crippen LogP contribution in [0.2, 0.25) is 0 Å². The molecule has 1 aliphatic heterocycles. The number of aromatic nitrogens is 3. The molecule has 1 aromatic heterocycles. The van der Waals surface area contributed by atoms with Gasteiger partial charge in [0.2, 0.25) is 5.91 Å². The molecule has 1 aliphatic rings. The largest absolute Gasteiger partial charge is 0.325 e. The van der Waals surface area contributed by atoms with E-state index in [2.05, 4.69) is 52.1 Å². The quantitative estimate of drug-likeness (QED) is 0.605. The smallest absolute Gasteiger partial charge is 0.234 e.